The van der Waals surface area contributed by atoms with Crippen molar-refractivity contribution in [2.24, 2.45) is 0 Å². The molecular weight excluding hydrogens is 358 g/mol. The molecule has 0 radical (unpaired) electrons. The number of aromatic nitrogens is 2. The number of hydrogen-bond donors (Lipinski definition) is 1. The van der Waals surface area contributed by atoms with Gasteiger partial charge in [0.1, 0.15) is 6.04 Å². The number of quaternary nitrogens is 1. The lowest BCUT2D eigenvalue weighted by Crippen LogP contribution is -2.86. The molecule has 1 heterocycles. The number of nitrogens with two attached hydrogens (primary N) is 1. The van der Waals surface area contributed by atoms with Crippen LogP contribution in [0.1, 0.15) is 47.2 Å². The lowest BCUT2D eigenvalue weighted by Gasteiger charge is -2.19. The maximum atomic E-state index is 6.02. The maximum Gasteiger partial charge on any atom is 0.274 e. The molecule has 0 amide bonds. The summed E-state index contributed by atoms with van der Waals surface area (Å²) in [5.74, 6) is 1.20. The second kappa shape index (κ2) is 8.41. The van der Waals surface area contributed by atoms with Crippen LogP contribution in [0.3, 0.4) is 0 Å². The number of aryl methyl sites for hydroxylation is 2. The van der Waals surface area contributed by atoms with Gasteiger partial charge in [0.05, 0.1) is 0 Å². The van der Waals surface area contributed by atoms with Gasteiger partial charge in [0.2, 0.25) is 5.89 Å². The molecule has 4 heteroatoms. The number of hydrogen-bond acceptors (Lipinski definition) is 3. The van der Waals surface area contributed by atoms with Gasteiger partial charge in [0.15, 0.2) is 6.04 Å². The number of nitrogens with zero attached hydrogens (tertiary/aromatic N) is 2. The van der Waals surface area contributed by atoms with E-state index < -0.39 is 0 Å². The molecule has 2 N–H and O–H groups in total. The predicted octanol–water partition coefficient (Wildman–Crippen LogP) is 4.77. The molecule has 4 rings (SSSR count). The summed E-state index contributed by atoms with van der Waals surface area (Å²) in [6.07, 6.45) is 0. The van der Waals surface area contributed by atoms with Gasteiger partial charge in [-0.3, -0.25) is 0 Å². The average molecular weight is 385 g/mol. The van der Waals surface area contributed by atoms with Gasteiger partial charge in [-0.1, -0.05) is 77.9 Å². The third kappa shape index (κ3) is 4.44. The van der Waals surface area contributed by atoms with Crippen molar-refractivity contribution < 1.29 is 9.73 Å². The highest BCUT2D eigenvalue weighted by Gasteiger charge is 2.25. The van der Waals surface area contributed by atoms with Crippen LogP contribution in [0.4, 0.5) is 0 Å². The van der Waals surface area contributed by atoms with E-state index in [1.807, 2.05) is 18.2 Å². The summed E-state index contributed by atoms with van der Waals surface area (Å²) >= 11 is 0. The zero-order chi connectivity index (χ0) is 20.2. The highest BCUT2D eigenvalue weighted by molar-refractivity contribution is 5.53. The van der Waals surface area contributed by atoms with Gasteiger partial charge in [-0.25, -0.2) is 0 Å². The van der Waals surface area contributed by atoms with Crippen molar-refractivity contribution in [3.8, 4) is 11.5 Å². The summed E-state index contributed by atoms with van der Waals surface area (Å²) in [7, 11) is 0. The monoisotopic (exact) mass is 384 g/mol. The Morgan fingerprint density at radius 2 is 1.48 bits per heavy atom. The summed E-state index contributed by atoms with van der Waals surface area (Å²) < 4.78 is 6.02. The van der Waals surface area contributed by atoms with Crippen molar-refractivity contribution in [3.05, 3.63) is 107 Å². The van der Waals surface area contributed by atoms with Crippen LogP contribution in [0, 0.1) is 13.8 Å². The van der Waals surface area contributed by atoms with Crippen molar-refractivity contribution >= 4 is 0 Å². The Bertz CT molecular complexity index is 1070. The van der Waals surface area contributed by atoms with E-state index in [9.17, 15) is 0 Å². The zero-order valence-electron chi connectivity index (χ0n) is 17.0. The van der Waals surface area contributed by atoms with Gasteiger partial charge in [0, 0.05) is 16.7 Å². The standard InChI is InChI=1S/C25H25N3O/c1-17-12-14-21(15-13-17)23(20-9-5-4-6-10-20)26-19(3)24-27-28-25(29-24)22-11-7-8-18(2)16-22/h4-16,19,23,26H,1-3H3/p+1/t19-,23+/m0/s1. The third-order valence-corrected chi connectivity index (χ3v) is 5.17. The summed E-state index contributed by atoms with van der Waals surface area (Å²) in [6, 6.07) is 27.6. The lowest BCUT2D eigenvalue weighted by atomic mass is 9.97. The van der Waals surface area contributed by atoms with Crippen molar-refractivity contribution in [1.29, 1.82) is 0 Å². The fourth-order valence-electron chi connectivity index (χ4n) is 3.53. The first-order valence-corrected chi connectivity index (χ1v) is 9.97. The lowest BCUT2D eigenvalue weighted by molar-refractivity contribution is -0.725. The van der Waals surface area contributed by atoms with Crippen LogP contribution in [0.25, 0.3) is 11.5 Å². The molecular formula is C25H26N3O+. The van der Waals surface area contributed by atoms with Gasteiger partial charge in [0.25, 0.3) is 5.89 Å². The van der Waals surface area contributed by atoms with Crippen molar-refractivity contribution in [2.45, 2.75) is 32.9 Å². The minimum Gasteiger partial charge on any atom is -0.415 e. The van der Waals surface area contributed by atoms with E-state index in [0.717, 1.165) is 5.56 Å². The van der Waals surface area contributed by atoms with E-state index in [1.54, 1.807) is 0 Å². The van der Waals surface area contributed by atoms with E-state index >= 15 is 0 Å². The second-order valence-corrected chi connectivity index (χ2v) is 7.60. The molecule has 146 valence electrons. The smallest absolute Gasteiger partial charge is 0.274 e. The molecule has 0 aliphatic carbocycles. The molecule has 0 saturated carbocycles. The first-order chi connectivity index (χ1) is 14.1. The Morgan fingerprint density at radius 1 is 0.759 bits per heavy atom. The van der Waals surface area contributed by atoms with Crippen LogP contribution < -0.4 is 5.32 Å². The molecule has 0 bridgehead atoms. The normalized spacial score (nSPS) is 13.2. The summed E-state index contributed by atoms with van der Waals surface area (Å²) in [4.78, 5) is 0. The second-order valence-electron chi connectivity index (χ2n) is 7.60. The number of benzene rings is 3. The minimum atomic E-state index is 0.0209. The van der Waals surface area contributed by atoms with E-state index in [0.29, 0.717) is 11.8 Å². The van der Waals surface area contributed by atoms with Gasteiger partial charge >= 0.3 is 0 Å². The Labute approximate surface area is 171 Å². The van der Waals surface area contributed by atoms with Crippen molar-refractivity contribution in [2.75, 3.05) is 0 Å². The van der Waals surface area contributed by atoms with E-state index in [2.05, 4.69) is 96.9 Å². The summed E-state index contributed by atoms with van der Waals surface area (Å²) in [5.41, 5.74) is 5.89. The predicted molar refractivity (Wildman–Crippen MR) is 114 cm³/mol. The molecule has 2 atom stereocenters. The van der Waals surface area contributed by atoms with Gasteiger partial charge in [-0.05, 0) is 32.9 Å². The van der Waals surface area contributed by atoms with Crippen LogP contribution in [-0.2, 0) is 0 Å². The topological polar surface area (TPSA) is 55.5 Å². The van der Waals surface area contributed by atoms with Crippen LogP contribution in [0.15, 0.2) is 83.3 Å². The Kier molecular flexibility index (Phi) is 5.54. The van der Waals surface area contributed by atoms with Gasteiger partial charge in [-0.2, -0.15) is 0 Å². The molecule has 4 aromatic rings. The van der Waals surface area contributed by atoms with E-state index in [1.165, 1.54) is 22.3 Å². The Hall–Kier alpha value is -3.24. The molecule has 0 fully saturated rings. The van der Waals surface area contributed by atoms with Crippen LogP contribution in [0.2, 0.25) is 0 Å². The maximum absolute atomic E-state index is 6.02. The SMILES string of the molecule is Cc1ccc([C@H]([NH2+][C@@H](C)c2nnc(-c3cccc(C)c3)o2)c2ccccc2)cc1. The van der Waals surface area contributed by atoms with Crippen LogP contribution in [0.5, 0.6) is 0 Å². The molecule has 4 nitrogen and oxygen atoms in total. The van der Waals surface area contributed by atoms with E-state index in [-0.39, 0.29) is 12.1 Å². The number of rotatable bonds is 6. The summed E-state index contributed by atoms with van der Waals surface area (Å²) in [6.45, 7) is 6.28. The molecule has 0 unspecified atom stereocenters. The molecule has 0 spiro atoms. The fraction of sp³-hybridized carbons (Fsp3) is 0.200. The first kappa shape index (κ1) is 19.1. The van der Waals surface area contributed by atoms with Crippen molar-refractivity contribution in [1.82, 2.24) is 10.2 Å². The summed E-state index contributed by atoms with van der Waals surface area (Å²) in [5, 5.41) is 10.9. The third-order valence-electron chi connectivity index (χ3n) is 5.17. The molecule has 3 aromatic carbocycles. The van der Waals surface area contributed by atoms with Gasteiger partial charge < -0.3 is 9.73 Å². The fourth-order valence-corrected chi connectivity index (χ4v) is 3.53. The Morgan fingerprint density at radius 3 is 2.21 bits per heavy atom. The zero-order valence-corrected chi connectivity index (χ0v) is 17.0. The highest BCUT2D eigenvalue weighted by Crippen LogP contribution is 2.23. The van der Waals surface area contributed by atoms with Crippen LogP contribution >= 0.6 is 0 Å². The van der Waals surface area contributed by atoms with E-state index in [4.69, 9.17) is 4.42 Å². The van der Waals surface area contributed by atoms with Crippen LogP contribution in [-0.4, -0.2) is 10.2 Å². The average Bonchev–Trinajstić information content (AvgIpc) is 3.24. The molecule has 0 saturated heterocycles. The first-order valence-electron chi connectivity index (χ1n) is 9.97. The minimum absolute atomic E-state index is 0.0209. The molecule has 29 heavy (non-hydrogen) atoms. The quantitative estimate of drug-likeness (QED) is 0.521. The van der Waals surface area contributed by atoms with Crippen molar-refractivity contribution in [3.63, 3.8) is 0 Å². The largest absolute Gasteiger partial charge is 0.415 e. The Balaban J connectivity index is 1.60. The molecule has 0 aliphatic heterocycles. The molecule has 1 aromatic heterocycles. The molecule has 0 aliphatic rings. The van der Waals surface area contributed by atoms with Gasteiger partial charge in [-0.15, -0.1) is 10.2 Å². The highest BCUT2D eigenvalue weighted by atomic mass is 16.4.